The molecule has 0 aliphatic carbocycles. The van der Waals surface area contributed by atoms with Crippen LogP contribution in [0.25, 0.3) is 0 Å². The number of rotatable bonds is 4. The van der Waals surface area contributed by atoms with Gasteiger partial charge in [-0.05, 0) is 19.4 Å². The van der Waals surface area contributed by atoms with Crippen molar-refractivity contribution in [1.82, 2.24) is 29.9 Å². The second-order valence-corrected chi connectivity index (χ2v) is 7.08. The second-order valence-electron chi connectivity index (χ2n) is 7.08. The minimum atomic E-state index is -0.758. The van der Waals surface area contributed by atoms with Crippen molar-refractivity contribution in [2.75, 3.05) is 11.9 Å². The molecule has 0 spiro atoms. The number of fused-ring (bicyclic) bond motifs is 1. The Hall–Kier alpha value is -3.63. The predicted octanol–water partition coefficient (Wildman–Crippen LogP) is 1.27. The minimum Gasteiger partial charge on any atom is -0.337 e. The number of hydrogen-bond acceptors (Lipinski definition) is 5. The molecule has 0 unspecified atom stereocenters. The number of hydrogen-bond donors (Lipinski definition) is 1. The lowest BCUT2D eigenvalue weighted by Gasteiger charge is -2.19. The Bertz CT molecular complexity index is 1120. The standard InChI is InChI=1S/C19H19F2N7O2/c1-11-7-16-26(2)19(30)15(5-6-28(16)24-11)23-18(29)17-22-10-27(25-17)9-12-3-4-13(20)8-14(12)21/h3-4,7-8,10,15H,5-6,9H2,1-2H3,(H,23,29)/t15-/m0/s1. The van der Waals surface area contributed by atoms with Gasteiger partial charge in [0.15, 0.2) is 0 Å². The summed E-state index contributed by atoms with van der Waals surface area (Å²) in [6, 6.07) is 4.27. The van der Waals surface area contributed by atoms with Crippen molar-refractivity contribution in [1.29, 1.82) is 0 Å². The van der Waals surface area contributed by atoms with Crippen molar-refractivity contribution in [2.45, 2.75) is 32.5 Å². The van der Waals surface area contributed by atoms with Crippen molar-refractivity contribution >= 4 is 17.6 Å². The average molecular weight is 415 g/mol. The fourth-order valence-corrected chi connectivity index (χ4v) is 3.34. The molecule has 4 rings (SSSR count). The SMILES string of the molecule is Cc1cc2n(n1)CC[C@H](NC(=O)c1ncn(Cc3ccc(F)cc3F)n1)C(=O)N2C. The van der Waals surface area contributed by atoms with Crippen molar-refractivity contribution in [3.8, 4) is 0 Å². The van der Waals surface area contributed by atoms with Gasteiger partial charge in [0.25, 0.3) is 11.8 Å². The summed E-state index contributed by atoms with van der Waals surface area (Å²) in [6.45, 7) is 2.30. The van der Waals surface area contributed by atoms with Crippen LogP contribution in [-0.4, -0.2) is 49.4 Å². The summed E-state index contributed by atoms with van der Waals surface area (Å²) in [4.78, 5) is 30.7. The lowest BCUT2D eigenvalue weighted by molar-refractivity contribution is -0.120. The molecule has 2 aromatic heterocycles. The van der Waals surface area contributed by atoms with Gasteiger partial charge >= 0.3 is 0 Å². The van der Waals surface area contributed by atoms with E-state index in [4.69, 9.17) is 0 Å². The van der Waals surface area contributed by atoms with Crippen LogP contribution in [0, 0.1) is 18.6 Å². The van der Waals surface area contributed by atoms with Gasteiger partial charge in [0, 0.05) is 31.3 Å². The van der Waals surface area contributed by atoms with Crippen LogP contribution in [0.1, 0.15) is 28.3 Å². The first-order valence-corrected chi connectivity index (χ1v) is 9.28. The van der Waals surface area contributed by atoms with Crippen LogP contribution in [-0.2, 0) is 17.9 Å². The molecule has 0 saturated carbocycles. The zero-order chi connectivity index (χ0) is 21.4. The Balaban J connectivity index is 1.44. The number of nitrogens with one attached hydrogen (secondary N) is 1. The number of benzene rings is 1. The summed E-state index contributed by atoms with van der Waals surface area (Å²) in [7, 11) is 1.63. The molecule has 1 aliphatic heterocycles. The minimum absolute atomic E-state index is 0.0159. The van der Waals surface area contributed by atoms with Crippen LogP contribution in [0.15, 0.2) is 30.6 Å². The fourth-order valence-electron chi connectivity index (χ4n) is 3.34. The maximum Gasteiger partial charge on any atom is 0.291 e. The third kappa shape index (κ3) is 3.78. The number of anilines is 1. The molecule has 0 radical (unpaired) electrons. The normalized spacial score (nSPS) is 16.3. The van der Waals surface area contributed by atoms with Crippen molar-refractivity contribution in [3.05, 3.63) is 59.3 Å². The second kappa shape index (κ2) is 7.65. The molecule has 156 valence electrons. The highest BCUT2D eigenvalue weighted by atomic mass is 19.1. The summed E-state index contributed by atoms with van der Waals surface area (Å²) < 4.78 is 29.8. The molecule has 1 atom stereocenters. The maximum absolute atomic E-state index is 13.8. The molecule has 0 bridgehead atoms. The third-order valence-corrected chi connectivity index (χ3v) is 4.88. The van der Waals surface area contributed by atoms with Gasteiger partial charge in [0.05, 0.1) is 12.2 Å². The molecule has 1 N–H and O–H groups in total. The van der Waals surface area contributed by atoms with Gasteiger partial charge in [-0.1, -0.05) is 6.07 Å². The number of amides is 2. The van der Waals surface area contributed by atoms with E-state index in [1.54, 1.807) is 17.8 Å². The molecular weight excluding hydrogens is 396 g/mol. The average Bonchev–Trinajstić information content (AvgIpc) is 3.30. The van der Waals surface area contributed by atoms with Crippen molar-refractivity contribution in [2.24, 2.45) is 0 Å². The van der Waals surface area contributed by atoms with Crippen LogP contribution >= 0.6 is 0 Å². The molecule has 1 aromatic carbocycles. The lowest BCUT2D eigenvalue weighted by atomic mass is 10.2. The highest BCUT2D eigenvalue weighted by Crippen LogP contribution is 2.21. The smallest absolute Gasteiger partial charge is 0.291 e. The van der Waals surface area contributed by atoms with E-state index in [0.717, 1.165) is 17.8 Å². The summed E-state index contributed by atoms with van der Waals surface area (Å²) in [6.07, 6.45) is 1.64. The van der Waals surface area contributed by atoms with Gasteiger partial charge in [0.1, 0.15) is 29.8 Å². The molecule has 30 heavy (non-hydrogen) atoms. The van der Waals surface area contributed by atoms with E-state index in [1.807, 2.05) is 6.92 Å². The molecule has 0 fully saturated rings. The summed E-state index contributed by atoms with van der Waals surface area (Å²) >= 11 is 0. The Morgan fingerprint density at radius 1 is 1.27 bits per heavy atom. The van der Waals surface area contributed by atoms with E-state index in [2.05, 4.69) is 20.5 Å². The molecule has 9 nitrogen and oxygen atoms in total. The van der Waals surface area contributed by atoms with E-state index in [9.17, 15) is 18.4 Å². The molecule has 3 heterocycles. The fraction of sp³-hybridized carbons (Fsp3) is 0.316. The highest BCUT2D eigenvalue weighted by molar-refractivity contribution is 6.00. The van der Waals surface area contributed by atoms with Crippen LogP contribution in [0.5, 0.6) is 0 Å². The summed E-state index contributed by atoms with van der Waals surface area (Å²) in [5, 5.41) is 11.0. The first-order chi connectivity index (χ1) is 14.3. The van der Waals surface area contributed by atoms with E-state index < -0.39 is 23.6 Å². The molecule has 0 saturated heterocycles. The number of halogens is 2. The predicted molar refractivity (Wildman–Crippen MR) is 102 cm³/mol. The number of aromatic nitrogens is 5. The zero-order valence-corrected chi connectivity index (χ0v) is 16.3. The van der Waals surface area contributed by atoms with Gasteiger partial charge in [-0.3, -0.25) is 14.5 Å². The van der Waals surface area contributed by atoms with E-state index in [0.29, 0.717) is 18.8 Å². The number of aryl methyl sites for hydroxylation is 2. The van der Waals surface area contributed by atoms with Crippen LogP contribution in [0.2, 0.25) is 0 Å². The van der Waals surface area contributed by atoms with E-state index >= 15 is 0 Å². The largest absolute Gasteiger partial charge is 0.337 e. The molecule has 1 aliphatic rings. The van der Waals surface area contributed by atoms with Crippen molar-refractivity contribution < 1.29 is 18.4 Å². The number of nitrogens with zero attached hydrogens (tertiary/aromatic N) is 6. The van der Waals surface area contributed by atoms with Gasteiger partial charge in [-0.2, -0.15) is 5.10 Å². The molecular formula is C19H19F2N7O2. The molecule has 2 amide bonds. The van der Waals surface area contributed by atoms with E-state index in [1.165, 1.54) is 22.0 Å². The summed E-state index contributed by atoms with van der Waals surface area (Å²) in [5.41, 5.74) is 1.01. The number of carbonyl (C=O) groups excluding carboxylic acids is 2. The topological polar surface area (TPSA) is 97.9 Å². The monoisotopic (exact) mass is 415 g/mol. The van der Waals surface area contributed by atoms with Crippen LogP contribution in [0.3, 0.4) is 0 Å². The zero-order valence-electron chi connectivity index (χ0n) is 16.3. The molecule has 3 aromatic rings. The number of carbonyl (C=O) groups is 2. The van der Waals surface area contributed by atoms with Crippen LogP contribution in [0.4, 0.5) is 14.6 Å². The summed E-state index contributed by atoms with van der Waals surface area (Å²) in [5.74, 6) is -1.75. The third-order valence-electron chi connectivity index (χ3n) is 4.88. The van der Waals surface area contributed by atoms with Gasteiger partial charge < -0.3 is 5.32 Å². The first-order valence-electron chi connectivity index (χ1n) is 9.28. The Morgan fingerprint density at radius 2 is 2.07 bits per heavy atom. The highest BCUT2D eigenvalue weighted by Gasteiger charge is 2.31. The first kappa shape index (κ1) is 19.7. The van der Waals surface area contributed by atoms with Gasteiger partial charge in [-0.25, -0.2) is 23.1 Å². The maximum atomic E-state index is 13.8. The number of likely N-dealkylation sites (N-methyl/N-ethyl adjacent to an activating group) is 1. The van der Waals surface area contributed by atoms with Crippen LogP contribution < -0.4 is 10.2 Å². The molecule has 11 heteroatoms. The van der Waals surface area contributed by atoms with Crippen molar-refractivity contribution in [3.63, 3.8) is 0 Å². The van der Waals surface area contributed by atoms with Gasteiger partial charge in [0.2, 0.25) is 5.82 Å². The van der Waals surface area contributed by atoms with E-state index in [-0.39, 0.29) is 23.8 Å². The Kier molecular flexibility index (Phi) is 5.02. The quantitative estimate of drug-likeness (QED) is 0.692. The Labute approximate surface area is 170 Å². The van der Waals surface area contributed by atoms with Gasteiger partial charge in [-0.15, -0.1) is 5.10 Å². The lowest BCUT2D eigenvalue weighted by Crippen LogP contribution is -2.47. The Morgan fingerprint density at radius 3 is 2.83 bits per heavy atom.